The highest BCUT2D eigenvalue weighted by atomic mass is 16.5. The van der Waals surface area contributed by atoms with Crippen molar-refractivity contribution in [3.63, 3.8) is 0 Å². The van der Waals surface area contributed by atoms with Crippen LogP contribution in [0, 0.1) is 0 Å². The Morgan fingerprint density at radius 3 is 3.08 bits per heavy atom. The van der Waals surface area contributed by atoms with Gasteiger partial charge in [0.1, 0.15) is 5.82 Å². The molecule has 0 aliphatic rings. The fourth-order valence-electron chi connectivity index (χ4n) is 0.827. The molecule has 0 spiro atoms. The maximum absolute atomic E-state index is 5.33. The van der Waals surface area contributed by atoms with Gasteiger partial charge in [-0.1, -0.05) is 6.07 Å². The Bertz CT molecular complexity index is 239. The zero-order chi connectivity index (χ0) is 8.81. The van der Waals surface area contributed by atoms with Crippen LogP contribution in [-0.4, -0.2) is 25.2 Å². The van der Waals surface area contributed by atoms with Crippen LogP contribution in [0.2, 0.25) is 0 Å². The number of ether oxygens (including phenoxy) is 1. The normalized spacial score (nSPS) is 9.50. The van der Waals surface area contributed by atoms with E-state index in [1.165, 1.54) is 0 Å². The number of nitrogens with two attached hydrogens (primary N) is 1. The highest BCUT2D eigenvalue weighted by molar-refractivity contribution is 5.36. The van der Waals surface area contributed by atoms with E-state index in [2.05, 4.69) is 10.3 Å². The number of hydrogen-bond donors (Lipinski definition) is 2. The molecule has 4 heteroatoms. The van der Waals surface area contributed by atoms with Gasteiger partial charge in [0.2, 0.25) is 5.88 Å². The van der Waals surface area contributed by atoms with Crippen LogP contribution in [0.1, 0.15) is 0 Å². The lowest BCUT2D eigenvalue weighted by Gasteiger charge is -2.04. The average molecular weight is 167 g/mol. The number of hydrogen-bond acceptors (Lipinski definition) is 4. The Morgan fingerprint density at radius 2 is 2.42 bits per heavy atom. The molecule has 66 valence electrons. The molecule has 0 amide bonds. The SMILES string of the molecule is COc1cccc(NCCN)n1. The van der Waals surface area contributed by atoms with E-state index in [9.17, 15) is 0 Å². The van der Waals surface area contributed by atoms with Crippen LogP contribution < -0.4 is 15.8 Å². The standard InChI is InChI=1S/C8H13N3O/c1-12-8-4-2-3-7(11-8)10-6-5-9/h2-4H,5-6,9H2,1H3,(H,10,11). The largest absolute Gasteiger partial charge is 0.481 e. The lowest BCUT2D eigenvalue weighted by molar-refractivity contribution is 0.398. The molecule has 3 N–H and O–H groups in total. The van der Waals surface area contributed by atoms with Crippen molar-refractivity contribution < 1.29 is 4.74 Å². The quantitative estimate of drug-likeness (QED) is 0.684. The summed E-state index contributed by atoms with van der Waals surface area (Å²) in [4.78, 5) is 4.14. The summed E-state index contributed by atoms with van der Waals surface area (Å²) in [6.07, 6.45) is 0. The van der Waals surface area contributed by atoms with Crippen LogP contribution >= 0.6 is 0 Å². The van der Waals surface area contributed by atoms with Gasteiger partial charge in [-0.3, -0.25) is 0 Å². The maximum atomic E-state index is 5.33. The zero-order valence-corrected chi connectivity index (χ0v) is 7.08. The molecule has 0 atom stereocenters. The minimum Gasteiger partial charge on any atom is -0.481 e. The fraction of sp³-hybridized carbons (Fsp3) is 0.375. The van der Waals surface area contributed by atoms with Crippen LogP contribution in [0.3, 0.4) is 0 Å². The zero-order valence-electron chi connectivity index (χ0n) is 7.08. The first-order valence-electron chi connectivity index (χ1n) is 3.82. The van der Waals surface area contributed by atoms with Crippen molar-refractivity contribution in [1.82, 2.24) is 4.98 Å². The summed E-state index contributed by atoms with van der Waals surface area (Å²) in [6.45, 7) is 1.32. The van der Waals surface area contributed by atoms with Gasteiger partial charge in [-0.2, -0.15) is 4.98 Å². The Balaban J connectivity index is 2.60. The molecule has 0 aliphatic carbocycles. The molecule has 0 aliphatic heterocycles. The van der Waals surface area contributed by atoms with Crippen molar-refractivity contribution in [2.24, 2.45) is 5.73 Å². The minimum atomic E-state index is 0.596. The number of nitrogens with zero attached hydrogens (tertiary/aromatic N) is 1. The van der Waals surface area contributed by atoms with Gasteiger partial charge in [0, 0.05) is 19.2 Å². The smallest absolute Gasteiger partial charge is 0.214 e. The van der Waals surface area contributed by atoms with E-state index < -0.39 is 0 Å². The first kappa shape index (κ1) is 8.80. The van der Waals surface area contributed by atoms with Gasteiger partial charge in [0.25, 0.3) is 0 Å². The van der Waals surface area contributed by atoms with Gasteiger partial charge in [0.05, 0.1) is 7.11 Å². The maximum Gasteiger partial charge on any atom is 0.214 e. The Labute approximate surface area is 71.7 Å². The van der Waals surface area contributed by atoms with Crippen LogP contribution in [-0.2, 0) is 0 Å². The van der Waals surface area contributed by atoms with E-state index in [1.807, 2.05) is 12.1 Å². The molecule has 0 saturated carbocycles. The summed E-state index contributed by atoms with van der Waals surface area (Å²) < 4.78 is 4.95. The van der Waals surface area contributed by atoms with Crippen molar-refractivity contribution in [2.75, 3.05) is 25.5 Å². The van der Waals surface area contributed by atoms with E-state index >= 15 is 0 Å². The molecule has 0 bridgehead atoms. The second-order valence-corrected chi connectivity index (χ2v) is 2.28. The number of pyridine rings is 1. The van der Waals surface area contributed by atoms with E-state index in [0.717, 1.165) is 12.4 Å². The van der Waals surface area contributed by atoms with Gasteiger partial charge >= 0.3 is 0 Å². The van der Waals surface area contributed by atoms with Crippen molar-refractivity contribution in [1.29, 1.82) is 0 Å². The number of methoxy groups -OCH3 is 1. The fourth-order valence-corrected chi connectivity index (χ4v) is 0.827. The molecule has 0 fully saturated rings. The molecule has 1 aromatic heterocycles. The highest BCUT2D eigenvalue weighted by Crippen LogP contribution is 2.09. The molecule has 0 radical (unpaired) electrons. The summed E-state index contributed by atoms with van der Waals surface area (Å²) in [5, 5.41) is 3.05. The summed E-state index contributed by atoms with van der Waals surface area (Å²) in [5.41, 5.74) is 5.33. The summed E-state index contributed by atoms with van der Waals surface area (Å²) in [7, 11) is 1.59. The van der Waals surface area contributed by atoms with E-state index in [-0.39, 0.29) is 0 Å². The van der Waals surface area contributed by atoms with Crippen molar-refractivity contribution >= 4 is 5.82 Å². The van der Waals surface area contributed by atoms with Crippen molar-refractivity contribution in [3.05, 3.63) is 18.2 Å². The first-order valence-corrected chi connectivity index (χ1v) is 3.82. The lowest BCUT2D eigenvalue weighted by Crippen LogP contribution is -2.13. The Kier molecular flexibility index (Phi) is 3.35. The van der Waals surface area contributed by atoms with Gasteiger partial charge < -0.3 is 15.8 Å². The lowest BCUT2D eigenvalue weighted by atomic mass is 10.4. The predicted molar refractivity (Wildman–Crippen MR) is 48.3 cm³/mol. The van der Waals surface area contributed by atoms with E-state index in [0.29, 0.717) is 12.4 Å². The third-order valence-corrected chi connectivity index (χ3v) is 1.38. The molecule has 0 aromatic carbocycles. The molecule has 1 rings (SSSR count). The predicted octanol–water partition coefficient (Wildman–Crippen LogP) is 0.461. The minimum absolute atomic E-state index is 0.596. The Morgan fingerprint density at radius 1 is 1.58 bits per heavy atom. The number of anilines is 1. The second-order valence-electron chi connectivity index (χ2n) is 2.28. The topological polar surface area (TPSA) is 60.2 Å². The van der Waals surface area contributed by atoms with Crippen LogP contribution in [0.25, 0.3) is 0 Å². The third-order valence-electron chi connectivity index (χ3n) is 1.38. The molecule has 0 unspecified atom stereocenters. The summed E-state index contributed by atoms with van der Waals surface area (Å²) in [5.74, 6) is 1.40. The molecule has 0 saturated heterocycles. The number of rotatable bonds is 4. The van der Waals surface area contributed by atoms with Gasteiger partial charge in [-0.25, -0.2) is 0 Å². The van der Waals surface area contributed by atoms with Crippen LogP contribution in [0.4, 0.5) is 5.82 Å². The highest BCUT2D eigenvalue weighted by Gasteiger charge is 1.94. The number of aromatic nitrogens is 1. The number of nitrogens with one attached hydrogen (secondary N) is 1. The molecule has 1 heterocycles. The van der Waals surface area contributed by atoms with Gasteiger partial charge in [0.15, 0.2) is 0 Å². The average Bonchev–Trinajstić information content (AvgIpc) is 2.15. The van der Waals surface area contributed by atoms with Crippen molar-refractivity contribution in [3.8, 4) is 5.88 Å². The third kappa shape index (κ3) is 2.39. The van der Waals surface area contributed by atoms with Gasteiger partial charge in [-0.05, 0) is 6.07 Å². The summed E-state index contributed by atoms with van der Waals surface area (Å²) >= 11 is 0. The van der Waals surface area contributed by atoms with E-state index in [1.54, 1.807) is 13.2 Å². The molecule has 4 nitrogen and oxygen atoms in total. The van der Waals surface area contributed by atoms with Gasteiger partial charge in [-0.15, -0.1) is 0 Å². The van der Waals surface area contributed by atoms with Crippen molar-refractivity contribution in [2.45, 2.75) is 0 Å². The molecular formula is C8H13N3O. The molecule has 12 heavy (non-hydrogen) atoms. The molecular weight excluding hydrogens is 154 g/mol. The second kappa shape index (κ2) is 4.56. The van der Waals surface area contributed by atoms with Crippen LogP contribution in [0.15, 0.2) is 18.2 Å². The molecule has 1 aromatic rings. The van der Waals surface area contributed by atoms with E-state index in [4.69, 9.17) is 10.5 Å². The monoisotopic (exact) mass is 167 g/mol. The Hall–Kier alpha value is -1.29. The van der Waals surface area contributed by atoms with Crippen LogP contribution in [0.5, 0.6) is 5.88 Å². The first-order chi connectivity index (χ1) is 5.86. The summed E-state index contributed by atoms with van der Waals surface area (Å²) in [6, 6.07) is 5.55.